The van der Waals surface area contributed by atoms with Crippen LogP contribution in [0.15, 0.2) is 75.4 Å². The van der Waals surface area contributed by atoms with Crippen LogP contribution in [0.2, 0.25) is 0 Å². The third-order valence-corrected chi connectivity index (χ3v) is 5.10. The minimum absolute atomic E-state index is 0.000886. The number of ether oxygens (including phenoxy) is 1. The van der Waals surface area contributed by atoms with E-state index in [1.54, 1.807) is 12.1 Å². The second-order valence-corrected chi connectivity index (χ2v) is 7.49. The van der Waals surface area contributed by atoms with Gasteiger partial charge in [0.2, 0.25) is 5.95 Å². The summed E-state index contributed by atoms with van der Waals surface area (Å²) in [7, 11) is 1.51. The highest BCUT2D eigenvalue weighted by molar-refractivity contribution is 5.99. The standard InChI is InChI=1S/C23H24N6O4/c1-15(16-9-5-3-6-10-16)26-27-22-24-20-19(21(31)25-23(32)28(20)2)29(22)13-17(30)14-33-18-11-7-4-8-12-18/h3-12,17,30H,13-14H2,1-2H3,(H,24,27)(H,25,31,32)/t17-/m1/s1. The largest absolute Gasteiger partial charge is 0.491 e. The highest BCUT2D eigenvalue weighted by Gasteiger charge is 2.20. The molecule has 0 bridgehead atoms. The number of H-pyrrole nitrogens is 1. The molecule has 2 aromatic carbocycles. The number of hydrogen-bond acceptors (Lipinski definition) is 7. The van der Waals surface area contributed by atoms with E-state index in [-0.39, 0.29) is 30.3 Å². The number of hydrogen-bond donors (Lipinski definition) is 3. The van der Waals surface area contributed by atoms with E-state index in [9.17, 15) is 14.7 Å². The number of hydrazone groups is 1. The number of anilines is 1. The van der Waals surface area contributed by atoms with Crippen LogP contribution in [-0.2, 0) is 13.6 Å². The van der Waals surface area contributed by atoms with Gasteiger partial charge in [0.25, 0.3) is 5.56 Å². The van der Waals surface area contributed by atoms with Gasteiger partial charge in [-0.3, -0.25) is 14.3 Å². The first-order chi connectivity index (χ1) is 15.9. The van der Waals surface area contributed by atoms with Gasteiger partial charge in [0, 0.05) is 7.05 Å². The SMILES string of the molecule is CC(=NNc1nc2c(c(=O)[nH]c(=O)n2C)n1C[C@@H](O)COc1ccccc1)c1ccccc1. The van der Waals surface area contributed by atoms with Crippen LogP contribution in [0.25, 0.3) is 11.2 Å². The fourth-order valence-electron chi connectivity index (χ4n) is 3.35. The third-order valence-electron chi connectivity index (χ3n) is 5.10. The zero-order chi connectivity index (χ0) is 23.4. The van der Waals surface area contributed by atoms with Gasteiger partial charge in [0.05, 0.1) is 12.3 Å². The van der Waals surface area contributed by atoms with Gasteiger partial charge in [0.15, 0.2) is 11.2 Å². The maximum atomic E-state index is 12.6. The summed E-state index contributed by atoms with van der Waals surface area (Å²) in [5, 5.41) is 15.0. The van der Waals surface area contributed by atoms with Crippen molar-refractivity contribution in [1.29, 1.82) is 0 Å². The molecule has 10 heteroatoms. The zero-order valence-corrected chi connectivity index (χ0v) is 18.2. The predicted octanol–water partition coefficient (Wildman–Crippen LogP) is 1.70. The van der Waals surface area contributed by atoms with Crippen LogP contribution >= 0.6 is 0 Å². The van der Waals surface area contributed by atoms with Crippen molar-refractivity contribution in [3.63, 3.8) is 0 Å². The Morgan fingerprint density at radius 3 is 2.52 bits per heavy atom. The van der Waals surface area contributed by atoms with E-state index >= 15 is 0 Å². The molecular formula is C23H24N6O4. The second kappa shape index (κ2) is 9.53. The molecule has 33 heavy (non-hydrogen) atoms. The van der Waals surface area contributed by atoms with Crippen LogP contribution < -0.4 is 21.4 Å². The van der Waals surface area contributed by atoms with Crippen molar-refractivity contribution in [3.05, 3.63) is 87.1 Å². The Morgan fingerprint density at radius 1 is 1.15 bits per heavy atom. The number of aryl methyl sites for hydroxylation is 1. The van der Waals surface area contributed by atoms with Crippen LogP contribution in [-0.4, -0.2) is 42.6 Å². The average molecular weight is 448 g/mol. The second-order valence-electron chi connectivity index (χ2n) is 7.49. The molecule has 0 spiro atoms. The van der Waals surface area contributed by atoms with Crippen molar-refractivity contribution in [2.75, 3.05) is 12.0 Å². The lowest BCUT2D eigenvalue weighted by molar-refractivity contribution is 0.0938. The fourth-order valence-corrected chi connectivity index (χ4v) is 3.35. The van der Waals surface area contributed by atoms with E-state index in [1.807, 2.05) is 55.5 Å². The molecule has 0 aliphatic carbocycles. The van der Waals surface area contributed by atoms with Crippen molar-refractivity contribution >= 4 is 22.8 Å². The number of aliphatic hydroxyl groups is 1. The predicted molar refractivity (Wildman–Crippen MR) is 126 cm³/mol. The number of fused-ring (bicyclic) bond motifs is 1. The molecule has 0 radical (unpaired) electrons. The van der Waals surface area contributed by atoms with Crippen LogP contribution in [0.4, 0.5) is 5.95 Å². The van der Waals surface area contributed by atoms with Crippen molar-refractivity contribution in [2.24, 2.45) is 12.1 Å². The molecule has 0 saturated carbocycles. The molecule has 3 N–H and O–H groups in total. The maximum Gasteiger partial charge on any atom is 0.329 e. The summed E-state index contributed by atoms with van der Waals surface area (Å²) < 4.78 is 8.35. The lowest BCUT2D eigenvalue weighted by Gasteiger charge is -2.15. The molecule has 0 aliphatic rings. The van der Waals surface area contributed by atoms with E-state index in [1.165, 1.54) is 16.2 Å². The summed E-state index contributed by atoms with van der Waals surface area (Å²) in [6, 6.07) is 18.7. The van der Waals surface area contributed by atoms with Crippen LogP contribution in [0.3, 0.4) is 0 Å². The number of benzene rings is 2. The maximum absolute atomic E-state index is 12.6. The Kier molecular flexibility index (Phi) is 6.36. The van der Waals surface area contributed by atoms with Crippen molar-refractivity contribution < 1.29 is 9.84 Å². The minimum atomic E-state index is -0.959. The molecule has 4 rings (SSSR count). The molecule has 0 unspecified atom stereocenters. The lowest BCUT2D eigenvalue weighted by atomic mass is 10.1. The Labute approximate surface area is 188 Å². The molecule has 170 valence electrons. The topological polar surface area (TPSA) is 127 Å². The van der Waals surface area contributed by atoms with E-state index in [4.69, 9.17) is 4.74 Å². The summed E-state index contributed by atoms with van der Waals surface area (Å²) in [6.07, 6.45) is -0.959. The monoisotopic (exact) mass is 448 g/mol. The fraction of sp³-hybridized carbons (Fsp3) is 0.217. The average Bonchev–Trinajstić information content (AvgIpc) is 3.19. The molecule has 2 heterocycles. The summed E-state index contributed by atoms with van der Waals surface area (Å²) in [4.78, 5) is 31.3. The normalized spacial score (nSPS) is 12.6. The van der Waals surface area contributed by atoms with Crippen molar-refractivity contribution in [1.82, 2.24) is 19.1 Å². The molecule has 1 atom stereocenters. The minimum Gasteiger partial charge on any atom is -0.491 e. The number of aliphatic hydroxyl groups excluding tert-OH is 1. The highest BCUT2D eigenvalue weighted by atomic mass is 16.5. The molecule has 0 aliphatic heterocycles. The van der Waals surface area contributed by atoms with Gasteiger partial charge < -0.3 is 14.4 Å². The van der Waals surface area contributed by atoms with E-state index < -0.39 is 17.4 Å². The molecule has 4 aromatic rings. The Bertz CT molecular complexity index is 1390. The van der Waals surface area contributed by atoms with Gasteiger partial charge in [-0.25, -0.2) is 10.2 Å². The van der Waals surface area contributed by atoms with Gasteiger partial charge in [0.1, 0.15) is 18.5 Å². The van der Waals surface area contributed by atoms with Crippen LogP contribution in [0, 0.1) is 0 Å². The number of nitrogens with one attached hydrogen (secondary N) is 2. The molecule has 2 aromatic heterocycles. The summed E-state index contributed by atoms with van der Waals surface area (Å²) in [5.41, 5.74) is 3.62. The highest BCUT2D eigenvalue weighted by Crippen LogP contribution is 2.17. The molecule has 0 fully saturated rings. The number of imidazole rings is 1. The van der Waals surface area contributed by atoms with Crippen LogP contribution in [0.5, 0.6) is 5.75 Å². The van der Waals surface area contributed by atoms with Gasteiger partial charge in [-0.2, -0.15) is 10.1 Å². The molecular weight excluding hydrogens is 424 g/mol. The smallest absolute Gasteiger partial charge is 0.329 e. The van der Waals surface area contributed by atoms with Crippen molar-refractivity contribution in [2.45, 2.75) is 19.6 Å². The first-order valence-electron chi connectivity index (χ1n) is 10.3. The molecule has 0 amide bonds. The number of rotatable bonds is 8. The van der Waals surface area contributed by atoms with Gasteiger partial charge in [-0.1, -0.05) is 48.5 Å². The first-order valence-corrected chi connectivity index (χ1v) is 10.3. The summed E-state index contributed by atoms with van der Waals surface area (Å²) >= 11 is 0. The molecule has 0 saturated heterocycles. The summed E-state index contributed by atoms with van der Waals surface area (Å²) in [6.45, 7) is 1.83. The third kappa shape index (κ3) is 4.85. The van der Waals surface area contributed by atoms with E-state index in [2.05, 4.69) is 20.5 Å². The lowest BCUT2D eigenvalue weighted by Crippen LogP contribution is -2.30. The number of para-hydroxylation sites is 1. The van der Waals surface area contributed by atoms with Gasteiger partial charge >= 0.3 is 5.69 Å². The number of aromatic amines is 1. The Balaban J connectivity index is 1.66. The summed E-state index contributed by atoms with van der Waals surface area (Å²) in [5.74, 6) is 0.833. The number of aromatic nitrogens is 4. The Morgan fingerprint density at radius 2 is 1.82 bits per heavy atom. The van der Waals surface area contributed by atoms with Gasteiger partial charge in [-0.15, -0.1) is 0 Å². The van der Waals surface area contributed by atoms with E-state index in [0.29, 0.717) is 11.5 Å². The van der Waals surface area contributed by atoms with Crippen LogP contribution in [0.1, 0.15) is 12.5 Å². The Hall–Kier alpha value is -4.18. The van der Waals surface area contributed by atoms with Gasteiger partial charge in [-0.05, 0) is 24.6 Å². The first kappa shape index (κ1) is 22.0. The van der Waals surface area contributed by atoms with Crippen molar-refractivity contribution in [3.8, 4) is 5.75 Å². The zero-order valence-electron chi connectivity index (χ0n) is 18.2. The quantitative estimate of drug-likeness (QED) is 0.278. The molecule has 10 nitrogen and oxygen atoms in total. The number of nitrogens with zero attached hydrogens (tertiary/aromatic N) is 4. The van der Waals surface area contributed by atoms with E-state index in [0.717, 1.165) is 5.56 Å².